The van der Waals surface area contributed by atoms with Gasteiger partial charge in [0.05, 0.1) is 3.57 Å². The highest BCUT2D eigenvalue weighted by molar-refractivity contribution is 14.1. The van der Waals surface area contributed by atoms with Gasteiger partial charge in [0.2, 0.25) is 5.88 Å². The SMILES string of the molecule is O=c1[nH]nc2cc(Oc3ccccc3I)ncn12. The van der Waals surface area contributed by atoms with Gasteiger partial charge in [-0.1, -0.05) is 12.1 Å². The van der Waals surface area contributed by atoms with Crippen LogP contribution in [0, 0.1) is 3.57 Å². The van der Waals surface area contributed by atoms with Crippen LogP contribution < -0.4 is 10.4 Å². The third kappa shape index (κ3) is 1.96. The molecule has 6 nitrogen and oxygen atoms in total. The summed E-state index contributed by atoms with van der Waals surface area (Å²) in [5, 5.41) is 6.19. The summed E-state index contributed by atoms with van der Waals surface area (Å²) in [4.78, 5) is 15.3. The number of para-hydroxylation sites is 1. The van der Waals surface area contributed by atoms with Crippen molar-refractivity contribution in [1.29, 1.82) is 0 Å². The lowest BCUT2D eigenvalue weighted by Gasteiger charge is -2.05. The zero-order valence-corrected chi connectivity index (χ0v) is 11.2. The van der Waals surface area contributed by atoms with Gasteiger partial charge in [-0.25, -0.2) is 19.3 Å². The van der Waals surface area contributed by atoms with Crippen molar-refractivity contribution in [2.75, 3.05) is 0 Å². The molecule has 0 bridgehead atoms. The van der Waals surface area contributed by atoms with Crippen molar-refractivity contribution >= 4 is 28.2 Å². The van der Waals surface area contributed by atoms with E-state index in [4.69, 9.17) is 4.74 Å². The Hall–Kier alpha value is -1.90. The van der Waals surface area contributed by atoms with Gasteiger partial charge in [-0.15, -0.1) is 0 Å². The van der Waals surface area contributed by atoms with Crippen LogP contribution in [0.3, 0.4) is 0 Å². The van der Waals surface area contributed by atoms with Crippen molar-refractivity contribution in [3.63, 3.8) is 0 Å². The Morgan fingerprint density at radius 1 is 1.33 bits per heavy atom. The van der Waals surface area contributed by atoms with E-state index in [1.807, 2.05) is 24.3 Å². The summed E-state index contributed by atoms with van der Waals surface area (Å²) in [6.45, 7) is 0. The molecule has 2 aromatic heterocycles. The lowest BCUT2D eigenvalue weighted by molar-refractivity contribution is 0.458. The number of benzene rings is 1. The Morgan fingerprint density at radius 3 is 3.00 bits per heavy atom. The van der Waals surface area contributed by atoms with E-state index in [-0.39, 0.29) is 5.69 Å². The van der Waals surface area contributed by atoms with E-state index in [1.54, 1.807) is 6.07 Å². The number of H-pyrrole nitrogens is 1. The molecule has 0 aliphatic rings. The average Bonchev–Trinajstić information content (AvgIpc) is 2.74. The van der Waals surface area contributed by atoms with Crippen molar-refractivity contribution in [1.82, 2.24) is 19.6 Å². The second-order valence-electron chi connectivity index (χ2n) is 3.52. The lowest BCUT2D eigenvalue weighted by atomic mass is 10.3. The molecule has 0 saturated heterocycles. The van der Waals surface area contributed by atoms with Crippen LogP contribution in [0.1, 0.15) is 0 Å². The third-order valence-corrected chi connectivity index (χ3v) is 3.23. The molecule has 1 aromatic carbocycles. The number of rotatable bonds is 2. The van der Waals surface area contributed by atoms with Gasteiger partial charge in [0.25, 0.3) is 0 Å². The van der Waals surface area contributed by atoms with E-state index < -0.39 is 0 Å². The first-order valence-corrected chi connectivity index (χ1v) is 6.17. The highest BCUT2D eigenvalue weighted by Gasteiger charge is 2.06. The largest absolute Gasteiger partial charge is 0.438 e. The van der Waals surface area contributed by atoms with Crippen LogP contribution in [0.25, 0.3) is 5.65 Å². The van der Waals surface area contributed by atoms with E-state index in [0.717, 1.165) is 3.57 Å². The summed E-state index contributed by atoms with van der Waals surface area (Å²) < 4.78 is 7.93. The lowest BCUT2D eigenvalue weighted by Crippen LogP contribution is -2.09. The highest BCUT2D eigenvalue weighted by Crippen LogP contribution is 2.24. The van der Waals surface area contributed by atoms with Crippen LogP contribution >= 0.6 is 22.6 Å². The summed E-state index contributed by atoms with van der Waals surface area (Å²) in [7, 11) is 0. The highest BCUT2D eigenvalue weighted by atomic mass is 127. The van der Waals surface area contributed by atoms with Crippen LogP contribution in [-0.4, -0.2) is 19.6 Å². The Balaban J connectivity index is 2.00. The first-order valence-electron chi connectivity index (χ1n) is 5.09. The summed E-state index contributed by atoms with van der Waals surface area (Å²) in [6, 6.07) is 9.20. The molecule has 18 heavy (non-hydrogen) atoms. The zero-order chi connectivity index (χ0) is 12.5. The van der Waals surface area contributed by atoms with Crippen LogP contribution in [0.5, 0.6) is 11.6 Å². The normalized spacial score (nSPS) is 10.7. The van der Waals surface area contributed by atoms with Crippen LogP contribution in [0.15, 0.2) is 41.5 Å². The van der Waals surface area contributed by atoms with Gasteiger partial charge in [-0.3, -0.25) is 0 Å². The molecule has 0 spiro atoms. The first-order chi connectivity index (χ1) is 8.74. The number of nitrogens with zero attached hydrogens (tertiary/aromatic N) is 3. The van der Waals surface area contributed by atoms with Crippen LogP contribution in [0.4, 0.5) is 0 Å². The predicted octanol–water partition coefficient (Wildman–Crippen LogP) is 1.81. The first kappa shape index (κ1) is 11.2. The minimum Gasteiger partial charge on any atom is -0.438 e. The number of nitrogens with one attached hydrogen (secondary N) is 1. The van der Waals surface area contributed by atoms with Crippen LogP contribution in [-0.2, 0) is 0 Å². The third-order valence-electron chi connectivity index (χ3n) is 2.34. The fourth-order valence-corrected chi connectivity index (χ4v) is 1.99. The molecule has 0 saturated carbocycles. The molecule has 0 unspecified atom stereocenters. The molecule has 0 aliphatic heterocycles. The van der Waals surface area contributed by atoms with E-state index in [1.165, 1.54) is 10.7 Å². The van der Waals surface area contributed by atoms with Gasteiger partial charge >= 0.3 is 5.69 Å². The quantitative estimate of drug-likeness (QED) is 0.713. The number of aromatic amines is 1. The van der Waals surface area contributed by atoms with Crippen molar-refractivity contribution in [3.05, 3.63) is 50.7 Å². The van der Waals surface area contributed by atoms with Gasteiger partial charge < -0.3 is 4.74 Å². The smallest absolute Gasteiger partial charge is 0.348 e. The van der Waals surface area contributed by atoms with Gasteiger partial charge in [-0.05, 0) is 34.7 Å². The minimum atomic E-state index is -0.321. The topological polar surface area (TPSA) is 72.3 Å². The van der Waals surface area contributed by atoms with E-state index in [2.05, 4.69) is 37.8 Å². The molecule has 3 aromatic rings. The van der Waals surface area contributed by atoms with Crippen molar-refractivity contribution in [3.8, 4) is 11.6 Å². The van der Waals surface area contributed by atoms with Gasteiger partial charge in [0.15, 0.2) is 5.65 Å². The maximum Gasteiger partial charge on any atom is 0.348 e. The number of fused-ring (bicyclic) bond motifs is 1. The minimum absolute atomic E-state index is 0.321. The molecule has 0 atom stereocenters. The molecule has 3 rings (SSSR count). The van der Waals surface area contributed by atoms with Crippen molar-refractivity contribution in [2.24, 2.45) is 0 Å². The fourth-order valence-electron chi connectivity index (χ4n) is 1.49. The molecule has 0 aliphatic carbocycles. The molecule has 0 fully saturated rings. The number of hydrogen-bond acceptors (Lipinski definition) is 4. The van der Waals surface area contributed by atoms with Gasteiger partial charge in [0, 0.05) is 6.07 Å². The molecule has 90 valence electrons. The molecule has 1 N–H and O–H groups in total. The zero-order valence-electron chi connectivity index (χ0n) is 9.00. The monoisotopic (exact) mass is 354 g/mol. The summed E-state index contributed by atoms with van der Waals surface area (Å²) in [5.41, 5.74) is 0.147. The maximum absolute atomic E-state index is 11.3. The Kier molecular flexibility index (Phi) is 2.74. The number of hydrogen-bond donors (Lipinski definition) is 1. The molecular formula is C11H7IN4O2. The Morgan fingerprint density at radius 2 is 2.17 bits per heavy atom. The molecule has 0 amide bonds. The summed E-state index contributed by atoms with van der Waals surface area (Å²) in [5.74, 6) is 1.11. The predicted molar refractivity (Wildman–Crippen MR) is 72.8 cm³/mol. The van der Waals surface area contributed by atoms with E-state index in [0.29, 0.717) is 17.3 Å². The standard InChI is InChI=1S/C11H7IN4O2/c12-7-3-1-2-4-8(7)18-10-5-9-14-15-11(17)16(9)6-13-10/h1-6H,(H,15,17). The van der Waals surface area contributed by atoms with Gasteiger partial charge in [-0.2, -0.15) is 5.10 Å². The Bertz CT molecular complexity index is 765. The number of halogens is 1. The Labute approximate surface area is 115 Å². The molecular weight excluding hydrogens is 347 g/mol. The number of aromatic nitrogens is 4. The molecule has 2 heterocycles. The summed E-state index contributed by atoms with van der Waals surface area (Å²) >= 11 is 2.18. The van der Waals surface area contributed by atoms with Crippen molar-refractivity contribution in [2.45, 2.75) is 0 Å². The summed E-state index contributed by atoms with van der Waals surface area (Å²) in [6.07, 6.45) is 1.38. The molecule has 7 heteroatoms. The van der Waals surface area contributed by atoms with E-state index >= 15 is 0 Å². The van der Waals surface area contributed by atoms with E-state index in [9.17, 15) is 4.79 Å². The number of ether oxygens (including phenoxy) is 1. The fraction of sp³-hybridized carbons (Fsp3) is 0. The maximum atomic E-state index is 11.3. The second kappa shape index (κ2) is 4.41. The van der Waals surface area contributed by atoms with Crippen molar-refractivity contribution < 1.29 is 4.74 Å². The van der Waals surface area contributed by atoms with Gasteiger partial charge in [0.1, 0.15) is 12.1 Å². The second-order valence-corrected chi connectivity index (χ2v) is 4.68. The average molecular weight is 354 g/mol. The van der Waals surface area contributed by atoms with Crippen LogP contribution in [0.2, 0.25) is 0 Å². The molecule has 0 radical (unpaired) electrons.